The molecule has 2 saturated carbocycles. The monoisotopic (exact) mass is 153 g/mol. The Morgan fingerprint density at radius 2 is 2.27 bits per heavy atom. The van der Waals surface area contributed by atoms with Gasteiger partial charge in [-0.25, -0.2) is 0 Å². The topological polar surface area (TPSA) is 9.23 Å². The van der Waals surface area contributed by atoms with Crippen LogP contribution in [0.25, 0.3) is 0 Å². The maximum atomic E-state index is 5.62. The summed E-state index contributed by atoms with van der Waals surface area (Å²) < 4.78 is 5.62. The van der Waals surface area contributed by atoms with Gasteiger partial charge in [0.1, 0.15) is 5.92 Å². The Morgan fingerprint density at radius 3 is 3.09 bits per heavy atom. The molecule has 2 atom stereocenters. The Bertz CT molecular complexity index is 114. The minimum Gasteiger partial charge on any atom is -0.334 e. The molecule has 2 rings (SSSR count). The van der Waals surface area contributed by atoms with Crippen molar-refractivity contribution in [1.82, 2.24) is 0 Å². The van der Waals surface area contributed by atoms with Gasteiger partial charge in [-0.1, -0.05) is 0 Å². The summed E-state index contributed by atoms with van der Waals surface area (Å²) in [5, 5.41) is 0. The van der Waals surface area contributed by atoms with Crippen molar-refractivity contribution in [2.24, 2.45) is 5.92 Å². The SMILES string of the molecule is CCOC1[C+]2CCCCCC21. The normalized spacial score (nSPS) is 36.3. The van der Waals surface area contributed by atoms with Crippen LogP contribution >= 0.6 is 0 Å². The van der Waals surface area contributed by atoms with E-state index in [1.807, 2.05) is 0 Å². The van der Waals surface area contributed by atoms with E-state index in [1.54, 1.807) is 5.92 Å². The van der Waals surface area contributed by atoms with Crippen LogP contribution in [0.5, 0.6) is 0 Å². The van der Waals surface area contributed by atoms with Gasteiger partial charge in [0.05, 0.1) is 6.42 Å². The van der Waals surface area contributed by atoms with E-state index in [9.17, 15) is 0 Å². The molecule has 2 aliphatic carbocycles. The molecule has 0 saturated heterocycles. The predicted molar refractivity (Wildman–Crippen MR) is 45.2 cm³/mol. The van der Waals surface area contributed by atoms with Crippen LogP contribution in [0.3, 0.4) is 0 Å². The van der Waals surface area contributed by atoms with Crippen molar-refractivity contribution >= 4 is 0 Å². The second kappa shape index (κ2) is 3.06. The van der Waals surface area contributed by atoms with Crippen LogP contribution in [0, 0.1) is 11.8 Å². The van der Waals surface area contributed by atoms with Crippen molar-refractivity contribution in [2.45, 2.75) is 45.1 Å². The van der Waals surface area contributed by atoms with Crippen molar-refractivity contribution in [3.8, 4) is 0 Å². The summed E-state index contributed by atoms with van der Waals surface area (Å²) in [6.07, 6.45) is 7.63. The molecule has 0 bridgehead atoms. The summed E-state index contributed by atoms with van der Waals surface area (Å²) >= 11 is 0. The summed E-state index contributed by atoms with van der Waals surface area (Å²) in [7, 11) is 0. The quantitative estimate of drug-likeness (QED) is 0.554. The standard InChI is InChI=1S/C10H17O/c1-2-11-10-8-6-4-3-5-7-9(8)10/h8,10H,2-7H2,1H3/q+1. The van der Waals surface area contributed by atoms with Gasteiger partial charge in [-0.3, -0.25) is 0 Å². The molecule has 11 heavy (non-hydrogen) atoms. The molecule has 2 aliphatic rings. The lowest BCUT2D eigenvalue weighted by Crippen LogP contribution is -1.98. The molecule has 2 fully saturated rings. The molecule has 0 radical (unpaired) electrons. The summed E-state index contributed by atoms with van der Waals surface area (Å²) in [4.78, 5) is 0. The van der Waals surface area contributed by atoms with Crippen LogP contribution in [0.4, 0.5) is 0 Å². The molecular weight excluding hydrogens is 136 g/mol. The zero-order chi connectivity index (χ0) is 7.68. The zero-order valence-corrected chi connectivity index (χ0v) is 7.31. The number of hydrogen-bond donors (Lipinski definition) is 0. The Morgan fingerprint density at radius 1 is 1.36 bits per heavy atom. The third kappa shape index (κ3) is 1.39. The summed E-state index contributed by atoms with van der Waals surface area (Å²) in [5.74, 6) is 2.60. The van der Waals surface area contributed by atoms with E-state index in [0.29, 0.717) is 6.10 Å². The molecule has 0 N–H and O–H groups in total. The van der Waals surface area contributed by atoms with Gasteiger partial charge in [-0.2, -0.15) is 0 Å². The Balaban J connectivity index is 1.82. The van der Waals surface area contributed by atoms with Gasteiger partial charge in [0.25, 0.3) is 0 Å². The van der Waals surface area contributed by atoms with Crippen molar-refractivity contribution in [2.75, 3.05) is 6.61 Å². The molecule has 1 nitrogen and oxygen atoms in total. The Hall–Kier alpha value is -0.170. The van der Waals surface area contributed by atoms with Crippen molar-refractivity contribution < 1.29 is 4.74 Å². The van der Waals surface area contributed by atoms with Gasteiger partial charge in [-0.05, 0) is 32.6 Å². The van der Waals surface area contributed by atoms with Crippen LogP contribution in [-0.2, 0) is 4.74 Å². The first-order valence-electron chi connectivity index (χ1n) is 4.90. The fourth-order valence-electron chi connectivity index (χ4n) is 2.28. The van der Waals surface area contributed by atoms with E-state index in [0.717, 1.165) is 12.5 Å². The highest BCUT2D eigenvalue weighted by atomic mass is 16.5. The molecule has 62 valence electrons. The number of rotatable bonds is 2. The van der Waals surface area contributed by atoms with Crippen LogP contribution in [0.1, 0.15) is 39.0 Å². The van der Waals surface area contributed by atoms with Crippen LogP contribution in [0.2, 0.25) is 0 Å². The minimum atomic E-state index is 0.584. The number of hydrogen-bond acceptors (Lipinski definition) is 1. The van der Waals surface area contributed by atoms with E-state index in [4.69, 9.17) is 4.74 Å². The zero-order valence-electron chi connectivity index (χ0n) is 7.31. The second-order valence-electron chi connectivity index (χ2n) is 3.66. The lowest BCUT2D eigenvalue weighted by atomic mass is 10.1. The summed E-state index contributed by atoms with van der Waals surface area (Å²) in [6.45, 7) is 2.99. The fourth-order valence-corrected chi connectivity index (χ4v) is 2.28. The van der Waals surface area contributed by atoms with Crippen molar-refractivity contribution in [3.05, 3.63) is 5.92 Å². The first kappa shape index (κ1) is 7.48. The second-order valence-corrected chi connectivity index (χ2v) is 3.66. The van der Waals surface area contributed by atoms with Crippen molar-refractivity contribution in [1.29, 1.82) is 0 Å². The molecule has 1 heteroatoms. The molecule has 0 aromatic heterocycles. The summed E-state index contributed by atoms with van der Waals surface area (Å²) in [5.41, 5.74) is 0. The van der Waals surface area contributed by atoms with Crippen LogP contribution in [0.15, 0.2) is 0 Å². The van der Waals surface area contributed by atoms with Gasteiger partial charge in [-0.15, -0.1) is 0 Å². The molecule has 0 heterocycles. The largest absolute Gasteiger partial charge is 0.334 e. The Labute approximate surface area is 69.1 Å². The highest BCUT2D eigenvalue weighted by molar-refractivity contribution is 5.24. The van der Waals surface area contributed by atoms with Gasteiger partial charge in [0, 0.05) is 6.61 Å². The van der Waals surface area contributed by atoms with E-state index >= 15 is 0 Å². The van der Waals surface area contributed by atoms with E-state index in [1.165, 1.54) is 32.1 Å². The third-order valence-electron chi connectivity index (χ3n) is 2.92. The van der Waals surface area contributed by atoms with Gasteiger partial charge in [0.2, 0.25) is 6.10 Å². The summed E-state index contributed by atoms with van der Waals surface area (Å²) in [6, 6.07) is 0. The maximum Gasteiger partial charge on any atom is 0.243 e. The first-order valence-corrected chi connectivity index (χ1v) is 4.90. The fraction of sp³-hybridized carbons (Fsp3) is 0.900. The lowest BCUT2D eigenvalue weighted by molar-refractivity contribution is 0.120. The van der Waals surface area contributed by atoms with Crippen molar-refractivity contribution in [3.63, 3.8) is 0 Å². The molecular formula is C10H17O+. The highest BCUT2D eigenvalue weighted by Crippen LogP contribution is 2.52. The maximum absolute atomic E-state index is 5.62. The molecule has 0 spiro atoms. The minimum absolute atomic E-state index is 0.584. The van der Waals surface area contributed by atoms with Crippen LogP contribution in [-0.4, -0.2) is 12.7 Å². The Kier molecular flexibility index (Phi) is 2.08. The van der Waals surface area contributed by atoms with Crippen LogP contribution < -0.4 is 0 Å². The molecule has 0 aromatic rings. The highest BCUT2D eigenvalue weighted by Gasteiger charge is 2.64. The number of fused-ring (bicyclic) bond motifs is 1. The molecule has 0 aliphatic heterocycles. The number of ether oxygens (including phenoxy) is 1. The van der Waals surface area contributed by atoms with Gasteiger partial charge >= 0.3 is 0 Å². The molecule has 0 aromatic carbocycles. The lowest BCUT2D eigenvalue weighted by Gasteiger charge is -1.94. The average Bonchev–Trinajstić information content (AvgIpc) is 2.68. The van der Waals surface area contributed by atoms with Gasteiger partial charge in [0.15, 0.2) is 5.92 Å². The third-order valence-corrected chi connectivity index (χ3v) is 2.92. The average molecular weight is 153 g/mol. The molecule has 0 amide bonds. The predicted octanol–water partition coefficient (Wildman–Crippen LogP) is 2.56. The van der Waals surface area contributed by atoms with E-state index < -0.39 is 0 Å². The smallest absolute Gasteiger partial charge is 0.243 e. The van der Waals surface area contributed by atoms with Gasteiger partial charge < -0.3 is 4.74 Å². The van der Waals surface area contributed by atoms with E-state index in [2.05, 4.69) is 6.92 Å². The first-order chi connectivity index (χ1) is 5.43. The molecule has 2 unspecified atom stereocenters. The van der Waals surface area contributed by atoms with E-state index in [-0.39, 0.29) is 0 Å².